The third kappa shape index (κ3) is 2.22. The van der Waals surface area contributed by atoms with Crippen LogP contribution in [0.15, 0.2) is 18.2 Å². The van der Waals surface area contributed by atoms with Gasteiger partial charge in [-0.15, -0.1) is 0 Å². The Kier molecular flexibility index (Phi) is 3.19. The van der Waals surface area contributed by atoms with Crippen molar-refractivity contribution in [2.75, 3.05) is 6.61 Å². The SMILES string of the molecule is CCOC(=O)C1Cc2ccc(F)cc2CN1. The first-order valence-electron chi connectivity index (χ1n) is 5.38. The van der Waals surface area contributed by atoms with Crippen molar-refractivity contribution in [3.8, 4) is 0 Å². The normalized spacial score (nSPS) is 19.0. The minimum Gasteiger partial charge on any atom is -0.465 e. The van der Waals surface area contributed by atoms with E-state index in [1.165, 1.54) is 12.1 Å². The number of hydrogen-bond acceptors (Lipinski definition) is 3. The summed E-state index contributed by atoms with van der Waals surface area (Å²) in [7, 11) is 0. The van der Waals surface area contributed by atoms with Gasteiger partial charge < -0.3 is 10.1 Å². The van der Waals surface area contributed by atoms with Gasteiger partial charge in [0, 0.05) is 6.54 Å². The molecule has 3 nitrogen and oxygen atoms in total. The van der Waals surface area contributed by atoms with E-state index < -0.39 is 0 Å². The van der Waals surface area contributed by atoms with E-state index in [0.29, 0.717) is 19.6 Å². The van der Waals surface area contributed by atoms with E-state index >= 15 is 0 Å². The average Bonchev–Trinajstić information content (AvgIpc) is 2.28. The van der Waals surface area contributed by atoms with E-state index in [1.807, 2.05) is 0 Å². The zero-order valence-electron chi connectivity index (χ0n) is 9.13. The van der Waals surface area contributed by atoms with Crippen LogP contribution in [-0.2, 0) is 22.5 Å². The van der Waals surface area contributed by atoms with E-state index in [2.05, 4.69) is 5.32 Å². The number of halogens is 1. The number of nitrogens with one attached hydrogen (secondary N) is 1. The number of ether oxygens (including phenoxy) is 1. The molecule has 2 rings (SSSR count). The molecule has 0 aliphatic carbocycles. The molecule has 4 heteroatoms. The van der Waals surface area contributed by atoms with Crippen molar-refractivity contribution < 1.29 is 13.9 Å². The molecule has 0 amide bonds. The van der Waals surface area contributed by atoms with Gasteiger partial charge in [0.25, 0.3) is 0 Å². The van der Waals surface area contributed by atoms with Crippen molar-refractivity contribution in [2.45, 2.75) is 25.9 Å². The lowest BCUT2D eigenvalue weighted by molar-refractivity contribution is -0.145. The largest absolute Gasteiger partial charge is 0.465 e. The number of carbonyl (C=O) groups excluding carboxylic acids is 1. The van der Waals surface area contributed by atoms with Gasteiger partial charge in [-0.1, -0.05) is 6.07 Å². The highest BCUT2D eigenvalue weighted by molar-refractivity contribution is 5.76. The van der Waals surface area contributed by atoms with Crippen LogP contribution in [-0.4, -0.2) is 18.6 Å². The standard InChI is InChI=1S/C12H14FNO2/c1-2-16-12(15)11-6-8-3-4-10(13)5-9(8)7-14-11/h3-5,11,14H,2,6-7H2,1H3. The summed E-state index contributed by atoms with van der Waals surface area (Å²) in [5.74, 6) is -0.479. The maximum Gasteiger partial charge on any atom is 0.323 e. The van der Waals surface area contributed by atoms with Crippen molar-refractivity contribution in [1.29, 1.82) is 0 Å². The van der Waals surface area contributed by atoms with Gasteiger partial charge in [0.05, 0.1) is 6.61 Å². The average molecular weight is 223 g/mol. The zero-order valence-corrected chi connectivity index (χ0v) is 9.13. The van der Waals surface area contributed by atoms with Gasteiger partial charge in [0.1, 0.15) is 11.9 Å². The van der Waals surface area contributed by atoms with Gasteiger partial charge in [-0.05, 0) is 36.6 Å². The van der Waals surface area contributed by atoms with E-state index in [0.717, 1.165) is 11.1 Å². The van der Waals surface area contributed by atoms with E-state index in [-0.39, 0.29) is 17.8 Å². The molecule has 0 fully saturated rings. The van der Waals surface area contributed by atoms with Crippen LogP contribution < -0.4 is 5.32 Å². The molecule has 86 valence electrons. The molecule has 16 heavy (non-hydrogen) atoms. The molecule has 0 aromatic heterocycles. The van der Waals surface area contributed by atoms with Crippen LogP contribution in [0.1, 0.15) is 18.1 Å². The first-order valence-corrected chi connectivity index (χ1v) is 5.38. The van der Waals surface area contributed by atoms with Crippen molar-refractivity contribution in [2.24, 2.45) is 0 Å². The predicted molar refractivity (Wildman–Crippen MR) is 57.4 cm³/mol. The summed E-state index contributed by atoms with van der Waals surface area (Å²) in [5.41, 5.74) is 1.93. The van der Waals surface area contributed by atoms with Crippen LogP contribution in [0.25, 0.3) is 0 Å². The van der Waals surface area contributed by atoms with E-state index in [9.17, 15) is 9.18 Å². The van der Waals surface area contributed by atoms with E-state index in [4.69, 9.17) is 4.74 Å². The number of fused-ring (bicyclic) bond motifs is 1. The molecule has 1 aliphatic rings. The third-order valence-corrected chi connectivity index (χ3v) is 2.70. The van der Waals surface area contributed by atoms with Crippen LogP contribution in [0.2, 0.25) is 0 Å². The smallest absolute Gasteiger partial charge is 0.323 e. The Morgan fingerprint density at radius 2 is 2.38 bits per heavy atom. The number of hydrogen-bond donors (Lipinski definition) is 1. The van der Waals surface area contributed by atoms with Crippen LogP contribution >= 0.6 is 0 Å². The van der Waals surface area contributed by atoms with Gasteiger partial charge in [0.15, 0.2) is 0 Å². The predicted octanol–water partition coefficient (Wildman–Crippen LogP) is 1.40. The third-order valence-electron chi connectivity index (χ3n) is 2.70. The molecule has 1 aromatic rings. The Bertz CT molecular complexity index is 406. The first-order chi connectivity index (χ1) is 7.70. The number of esters is 1. The molecule has 1 N–H and O–H groups in total. The highest BCUT2D eigenvalue weighted by atomic mass is 19.1. The van der Waals surface area contributed by atoms with Gasteiger partial charge in [-0.2, -0.15) is 0 Å². The molecule has 1 aliphatic heterocycles. The summed E-state index contributed by atoms with van der Waals surface area (Å²) in [4.78, 5) is 11.5. The second kappa shape index (κ2) is 4.61. The lowest BCUT2D eigenvalue weighted by Crippen LogP contribution is -2.42. The van der Waals surface area contributed by atoms with Crippen LogP contribution in [0.4, 0.5) is 4.39 Å². The van der Waals surface area contributed by atoms with Crippen molar-refractivity contribution in [1.82, 2.24) is 5.32 Å². The lowest BCUT2D eigenvalue weighted by atomic mass is 9.96. The van der Waals surface area contributed by atoms with Crippen LogP contribution in [0.3, 0.4) is 0 Å². The molecular weight excluding hydrogens is 209 g/mol. The van der Waals surface area contributed by atoms with Gasteiger partial charge in [0.2, 0.25) is 0 Å². The van der Waals surface area contributed by atoms with Crippen molar-refractivity contribution >= 4 is 5.97 Å². The summed E-state index contributed by atoms with van der Waals surface area (Å²) in [6.07, 6.45) is 0.564. The Balaban J connectivity index is 2.12. The number of carbonyl (C=O) groups is 1. The topological polar surface area (TPSA) is 38.3 Å². The molecule has 1 aromatic carbocycles. The summed E-state index contributed by atoms with van der Waals surface area (Å²) < 4.78 is 17.9. The number of benzene rings is 1. The molecule has 0 saturated heterocycles. The quantitative estimate of drug-likeness (QED) is 0.770. The second-order valence-corrected chi connectivity index (χ2v) is 3.80. The monoisotopic (exact) mass is 223 g/mol. The molecule has 0 saturated carbocycles. The summed E-state index contributed by atoms with van der Waals surface area (Å²) in [6, 6.07) is 4.35. The molecular formula is C12H14FNO2. The van der Waals surface area contributed by atoms with Gasteiger partial charge >= 0.3 is 5.97 Å². The van der Waals surface area contributed by atoms with Gasteiger partial charge in [-0.25, -0.2) is 4.39 Å². The van der Waals surface area contributed by atoms with Crippen molar-refractivity contribution in [3.05, 3.63) is 35.1 Å². The van der Waals surface area contributed by atoms with E-state index in [1.54, 1.807) is 13.0 Å². The molecule has 0 spiro atoms. The van der Waals surface area contributed by atoms with Crippen molar-refractivity contribution in [3.63, 3.8) is 0 Å². The fourth-order valence-electron chi connectivity index (χ4n) is 1.89. The Hall–Kier alpha value is -1.42. The fourth-order valence-corrected chi connectivity index (χ4v) is 1.89. The Morgan fingerprint density at radius 1 is 1.56 bits per heavy atom. The maximum absolute atomic E-state index is 13.0. The lowest BCUT2D eigenvalue weighted by Gasteiger charge is -2.24. The zero-order chi connectivity index (χ0) is 11.5. The molecule has 1 heterocycles. The molecule has 1 unspecified atom stereocenters. The fraction of sp³-hybridized carbons (Fsp3) is 0.417. The van der Waals surface area contributed by atoms with Crippen LogP contribution in [0, 0.1) is 5.82 Å². The molecule has 0 radical (unpaired) electrons. The highest BCUT2D eigenvalue weighted by Crippen LogP contribution is 2.18. The Morgan fingerprint density at radius 3 is 3.12 bits per heavy atom. The van der Waals surface area contributed by atoms with Gasteiger partial charge in [-0.3, -0.25) is 4.79 Å². The van der Waals surface area contributed by atoms with Crippen LogP contribution in [0.5, 0.6) is 0 Å². The molecule has 0 bridgehead atoms. The first kappa shape index (κ1) is 11.1. The maximum atomic E-state index is 13.0. The molecule has 1 atom stereocenters. The Labute approximate surface area is 93.6 Å². The number of rotatable bonds is 2. The minimum atomic E-state index is -0.307. The summed E-state index contributed by atoms with van der Waals surface area (Å²) in [6.45, 7) is 2.67. The highest BCUT2D eigenvalue weighted by Gasteiger charge is 2.25. The minimum absolute atomic E-state index is 0.238. The second-order valence-electron chi connectivity index (χ2n) is 3.80. The summed E-state index contributed by atoms with van der Waals surface area (Å²) in [5, 5.41) is 3.05. The summed E-state index contributed by atoms with van der Waals surface area (Å²) >= 11 is 0.